The quantitative estimate of drug-likeness (QED) is 0.707. The zero-order valence-electron chi connectivity index (χ0n) is 14.5. The molecule has 0 unspecified atom stereocenters. The fourth-order valence-electron chi connectivity index (χ4n) is 2.45. The lowest BCUT2D eigenvalue weighted by Crippen LogP contribution is -2.34. The Kier molecular flexibility index (Phi) is 5.82. The van der Waals surface area contributed by atoms with Crippen LogP contribution in [0.3, 0.4) is 0 Å². The van der Waals surface area contributed by atoms with Crippen LogP contribution in [0.25, 0.3) is 6.08 Å². The zero-order chi connectivity index (χ0) is 18.2. The van der Waals surface area contributed by atoms with Crippen molar-refractivity contribution in [3.05, 3.63) is 78.1 Å². The van der Waals surface area contributed by atoms with Crippen LogP contribution in [0.15, 0.2) is 61.2 Å². The molecule has 0 aliphatic carbocycles. The van der Waals surface area contributed by atoms with E-state index in [2.05, 4.69) is 25.6 Å². The van der Waals surface area contributed by atoms with E-state index in [1.807, 2.05) is 49.4 Å². The first-order chi connectivity index (χ1) is 12.7. The Morgan fingerprint density at radius 3 is 2.88 bits per heavy atom. The van der Waals surface area contributed by atoms with E-state index in [0.717, 1.165) is 11.3 Å². The Morgan fingerprint density at radius 1 is 1.27 bits per heavy atom. The van der Waals surface area contributed by atoms with Crippen molar-refractivity contribution in [3.63, 3.8) is 0 Å². The molecule has 1 aromatic carbocycles. The summed E-state index contributed by atoms with van der Waals surface area (Å²) in [6.07, 6.45) is 11.2. The summed E-state index contributed by atoms with van der Waals surface area (Å²) >= 11 is 0. The Labute approximate surface area is 151 Å². The number of nitrogens with zero attached hydrogens (tertiary/aromatic N) is 5. The predicted octanol–water partition coefficient (Wildman–Crippen LogP) is 2.14. The molecule has 0 aliphatic rings. The second-order valence-electron chi connectivity index (χ2n) is 5.91. The Hall–Kier alpha value is -3.35. The summed E-state index contributed by atoms with van der Waals surface area (Å²) in [5, 5.41) is 10.8. The zero-order valence-corrected chi connectivity index (χ0v) is 14.5. The molecule has 7 nitrogen and oxygen atoms in total. The van der Waals surface area contributed by atoms with Gasteiger partial charge in [-0.2, -0.15) is 0 Å². The maximum absolute atomic E-state index is 12.3. The number of nitrogens with one attached hydrogen (secondary N) is 1. The van der Waals surface area contributed by atoms with Gasteiger partial charge >= 0.3 is 0 Å². The van der Waals surface area contributed by atoms with Crippen molar-refractivity contribution in [2.45, 2.75) is 25.9 Å². The van der Waals surface area contributed by atoms with Crippen LogP contribution in [0.5, 0.6) is 0 Å². The molecule has 3 rings (SSSR count). The smallest absolute Gasteiger partial charge is 0.273 e. The predicted molar refractivity (Wildman–Crippen MR) is 98.2 cm³/mol. The third-order valence-electron chi connectivity index (χ3n) is 3.68. The van der Waals surface area contributed by atoms with E-state index in [1.54, 1.807) is 29.5 Å². The van der Waals surface area contributed by atoms with Crippen molar-refractivity contribution in [1.29, 1.82) is 0 Å². The number of allylic oxidation sites excluding steroid dienone is 1. The highest BCUT2D eigenvalue weighted by atomic mass is 16.2. The number of hydrogen-bond donors (Lipinski definition) is 1. The summed E-state index contributed by atoms with van der Waals surface area (Å²) in [5.41, 5.74) is 2.24. The third-order valence-corrected chi connectivity index (χ3v) is 3.68. The van der Waals surface area contributed by atoms with Gasteiger partial charge in [0.25, 0.3) is 5.91 Å². The lowest BCUT2D eigenvalue weighted by molar-refractivity contribution is 0.0935. The number of carbonyl (C=O) groups is 1. The Bertz CT molecular complexity index is 860. The van der Waals surface area contributed by atoms with Gasteiger partial charge in [-0.25, -0.2) is 4.68 Å². The molecule has 2 aromatic heterocycles. The SMILES string of the molecule is C[C@H](Cc1cnccn1)NC(=O)c1cn(C/C=C/c2ccccc2)nn1. The van der Waals surface area contributed by atoms with Gasteiger partial charge in [-0.1, -0.05) is 47.7 Å². The molecular weight excluding hydrogens is 328 g/mol. The fraction of sp³-hybridized carbons (Fsp3) is 0.211. The molecule has 7 heteroatoms. The van der Waals surface area contributed by atoms with Crippen LogP contribution >= 0.6 is 0 Å². The Morgan fingerprint density at radius 2 is 2.12 bits per heavy atom. The van der Waals surface area contributed by atoms with Gasteiger partial charge in [0.05, 0.1) is 18.4 Å². The second kappa shape index (κ2) is 8.66. The lowest BCUT2D eigenvalue weighted by Gasteiger charge is -2.11. The van der Waals surface area contributed by atoms with Crippen molar-refractivity contribution in [1.82, 2.24) is 30.3 Å². The number of carbonyl (C=O) groups excluding carboxylic acids is 1. The summed E-state index contributed by atoms with van der Waals surface area (Å²) in [5.74, 6) is -0.250. The number of benzene rings is 1. The minimum Gasteiger partial charge on any atom is -0.348 e. The molecule has 3 aromatic rings. The maximum atomic E-state index is 12.3. The monoisotopic (exact) mass is 348 g/mol. The van der Waals surface area contributed by atoms with Crippen molar-refractivity contribution >= 4 is 12.0 Å². The highest BCUT2D eigenvalue weighted by Crippen LogP contribution is 2.02. The van der Waals surface area contributed by atoms with E-state index in [0.29, 0.717) is 18.7 Å². The number of hydrogen-bond acceptors (Lipinski definition) is 5. The normalized spacial score (nSPS) is 12.2. The first-order valence-corrected chi connectivity index (χ1v) is 8.38. The molecule has 0 saturated carbocycles. The molecule has 0 aliphatic heterocycles. The van der Waals surface area contributed by atoms with Crippen LogP contribution in [0.1, 0.15) is 28.7 Å². The molecule has 26 heavy (non-hydrogen) atoms. The van der Waals surface area contributed by atoms with Gasteiger partial charge in [-0.05, 0) is 12.5 Å². The highest BCUT2D eigenvalue weighted by molar-refractivity contribution is 5.92. The summed E-state index contributed by atoms with van der Waals surface area (Å²) in [4.78, 5) is 20.5. The molecule has 0 fully saturated rings. The largest absolute Gasteiger partial charge is 0.348 e. The van der Waals surface area contributed by atoms with Crippen molar-refractivity contribution in [2.75, 3.05) is 0 Å². The Balaban J connectivity index is 1.52. The number of amides is 1. The molecule has 0 spiro atoms. The third kappa shape index (κ3) is 5.07. The first-order valence-electron chi connectivity index (χ1n) is 8.38. The average Bonchev–Trinajstić information content (AvgIpc) is 3.12. The molecular formula is C19H20N6O. The maximum Gasteiger partial charge on any atom is 0.273 e. The van der Waals surface area contributed by atoms with E-state index < -0.39 is 0 Å². The van der Waals surface area contributed by atoms with E-state index >= 15 is 0 Å². The number of rotatable bonds is 7. The lowest BCUT2D eigenvalue weighted by atomic mass is 10.2. The van der Waals surface area contributed by atoms with Crippen LogP contribution in [0.2, 0.25) is 0 Å². The highest BCUT2D eigenvalue weighted by Gasteiger charge is 2.14. The molecule has 0 bridgehead atoms. The van der Waals surface area contributed by atoms with Gasteiger partial charge in [-0.3, -0.25) is 14.8 Å². The van der Waals surface area contributed by atoms with Crippen LogP contribution in [0, 0.1) is 0 Å². The summed E-state index contributed by atoms with van der Waals surface area (Å²) in [7, 11) is 0. The van der Waals surface area contributed by atoms with E-state index in [4.69, 9.17) is 0 Å². The van der Waals surface area contributed by atoms with Crippen LogP contribution < -0.4 is 5.32 Å². The van der Waals surface area contributed by atoms with Gasteiger partial charge < -0.3 is 5.32 Å². The topological polar surface area (TPSA) is 85.6 Å². The van der Waals surface area contributed by atoms with Crippen LogP contribution in [-0.4, -0.2) is 36.9 Å². The fourth-order valence-corrected chi connectivity index (χ4v) is 2.45. The average molecular weight is 348 g/mol. The van der Waals surface area contributed by atoms with Gasteiger partial charge in [0.15, 0.2) is 5.69 Å². The minimum absolute atomic E-state index is 0.0812. The molecule has 0 saturated heterocycles. The van der Waals surface area contributed by atoms with Gasteiger partial charge in [0.2, 0.25) is 0 Å². The first kappa shape index (κ1) is 17.5. The summed E-state index contributed by atoms with van der Waals surface area (Å²) < 4.78 is 1.63. The number of aromatic nitrogens is 5. The summed E-state index contributed by atoms with van der Waals surface area (Å²) in [6, 6.07) is 9.91. The van der Waals surface area contributed by atoms with Crippen molar-refractivity contribution in [3.8, 4) is 0 Å². The second-order valence-corrected chi connectivity index (χ2v) is 5.91. The minimum atomic E-state index is -0.250. The molecule has 1 N–H and O–H groups in total. The van der Waals surface area contributed by atoms with Gasteiger partial charge in [-0.15, -0.1) is 5.10 Å². The summed E-state index contributed by atoms with van der Waals surface area (Å²) in [6.45, 7) is 2.46. The molecule has 1 atom stereocenters. The molecule has 1 amide bonds. The van der Waals surface area contributed by atoms with Gasteiger partial charge in [0, 0.05) is 31.1 Å². The van der Waals surface area contributed by atoms with E-state index in [1.165, 1.54) is 0 Å². The van der Waals surface area contributed by atoms with E-state index in [9.17, 15) is 4.79 Å². The van der Waals surface area contributed by atoms with Gasteiger partial charge in [0.1, 0.15) is 0 Å². The van der Waals surface area contributed by atoms with Crippen molar-refractivity contribution < 1.29 is 4.79 Å². The standard InChI is InChI=1S/C19H20N6O/c1-15(12-17-13-20-9-10-21-17)22-19(26)18-14-25(24-23-18)11-5-8-16-6-3-2-4-7-16/h2-10,13-15H,11-12H2,1H3,(H,22,26)/b8-5+/t15-/m1/s1. The van der Waals surface area contributed by atoms with E-state index in [-0.39, 0.29) is 11.9 Å². The molecule has 132 valence electrons. The molecule has 2 heterocycles. The van der Waals surface area contributed by atoms with Crippen LogP contribution in [0.4, 0.5) is 0 Å². The van der Waals surface area contributed by atoms with Crippen LogP contribution in [-0.2, 0) is 13.0 Å². The molecule has 0 radical (unpaired) electrons. The van der Waals surface area contributed by atoms with Crippen molar-refractivity contribution in [2.24, 2.45) is 0 Å².